The molecule has 11 heteroatoms. The summed E-state index contributed by atoms with van der Waals surface area (Å²) in [5, 5.41) is 2.81. The molecule has 0 aliphatic rings. The third-order valence-electron chi connectivity index (χ3n) is 2.69. The van der Waals surface area contributed by atoms with Crippen LogP contribution in [-0.2, 0) is 13.6 Å². The average molecular weight is 458 g/mol. The molecule has 24 heavy (non-hydrogen) atoms. The number of amides is 1. The van der Waals surface area contributed by atoms with Crippen molar-refractivity contribution in [2.24, 2.45) is 0 Å². The molecular weight excluding hydrogens is 442 g/mol. The molecule has 1 aromatic carbocycles. The molecule has 136 valence electrons. The normalized spacial score (nSPS) is 13.6. The van der Waals surface area contributed by atoms with Gasteiger partial charge in [-0.15, -0.1) is 0 Å². The molecule has 0 aromatic heterocycles. The van der Waals surface area contributed by atoms with Gasteiger partial charge < -0.3 is 14.4 Å². The molecule has 0 saturated carbocycles. The summed E-state index contributed by atoms with van der Waals surface area (Å²) >= 11 is 29.4. The highest BCUT2D eigenvalue weighted by atomic mass is 35.6. The van der Waals surface area contributed by atoms with E-state index in [1.807, 2.05) is 0 Å². The molecule has 5 nitrogen and oxygen atoms in total. The van der Waals surface area contributed by atoms with E-state index in [4.69, 9.17) is 67.1 Å². The van der Waals surface area contributed by atoms with Gasteiger partial charge in [0.15, 0.2) is 5.78 Å². The van der Waals surface area contributed by atoms with E-state index in [9.17, 15) is 9.36 Å². The van der Waals surface area contributed by atoms with Crippen LogP contribution in [0.3, 0.4) is 0 Å². The maximum absolute atomic E-state index is 12.9. The van der Waals surface area contributed by atoms with Crippen LogP contribution in [0.25, 0.3) is 0 Å². The first-order chi connectivity index (χ1) is 11.0. The van der Waals surface area contributed by atoms with Crippen LogP contribution in [0.5, 0.6) is 0 Å². The van der Waals surface area contributed by atoms with E-state index in [1.165, 1.54) is 18.2 Å². The van der Waals surface area contributed by atoms with Gasteiger partial charge in [0.25, 0.3) is 5.91 Å². The van der Waals surface area contributed by atoms with Crippen molar-refractivity contribution < 1.29 is 18.4 Å². The van der Waals surface area contributed by atoms with Crippen molar-refractivity contribution in [1.29, 1.82) is 0 Å². The van der Waals surface area contributed by atoms with E-state index in [0.29, 0.717) is 5.02 Å². The van der Waals surface area contributed by atoms with Gasteiger partial charge in [-0.1, -0.05) is 58.0 Å². The van der Waals surface area contributed by atoms with Crippen LogP contribution < -0.4 is 5.32 Å². The Bertz CT molecular complexity index is 627. The van der Waals surface area contributed by atoms with Crippen molar-refractivity contribution in [3.8, 4) is 0 Å². The Balaban J connectivity index is 3.18. The Morgan fingerprint density at radius 2 is 1.75 bits per heavy atom. The van der Waals surface area contributed by atoms with Crippen molar-refractivity contribution in [2.75, 3.05) is 13.2 Å². The van der Waals surface area contributed by atoms with Crippen LogP contribution in [0, 0.1) is 0 Å². The lowest BCUT2D eigenvalue weighted by molar-refractivity contribution is 0.0938. The Kier molecular flexibility index (Phi) is 8.65. The number of halogens is 5. The van der Waals surface area contributed by atoms with E-state index in [-0.39, 0.29) is 23.8 Å². The van der Waals surface area contributed by atoms with Crippen molar-refractivity contribution in [3.63, 3.8) is 0 Å². The van der Waals surface area contributed by atoms with Crippen LogP contribution in [0.15, 0.2) is 18.2 Å². The molecule has 0 heterocycles. The molecule has 0 bridgehead atoms. The fourth-order valence-electron chi connectivity index (χ4n) is 1.76. The molecule has 0 aliphatic heterocycles. The fourth-order valence-corrected chi connectivity index (χ4v) is 5.22. The van der Waals surface area contributed by atoms with Crippen LogP contribution in [0.2, 0.25) is 10.0 Å². The summed E-state index contributed by atoms with van der Waals surface area (Å²) in [5.74, 6) is -2.25. The van der Waals surface area contributed by atoms with Crippen LogP contribution in [-0.4, -0.2) is 28.7 Å². The van der Waals surface area contributed by atoms with E-state index >= 15 is 0 Å². The fraction of sp³-hybridized carbons (Fsp3) is 0.462. The first-order valence-corrected chi connectivity index (χ1v) is 10.3. The number of nitrogens with one attached hydrogen (secondary N) is 1. The van der Waals surface area contributed by atoms with Gasteiger partial charge in [0, 0.05) is 5.02 Å². The zero-order valence-corrected chi connectivity index (χ0v) is 17.4. The van der Waals surface area contributed by atoms with Gasteiger partial charge >= 0.3 is 7.60 Å². The minimum atomic E-state index is -3.95. The molecule has 1 aromatic rings. The quantitative estimate of drug-likeness (QED) is 0.422. The average Bonchev–Trinajstić information content (AvgIpc) is 2.43. The number of benzene rings is 1. The number of hydrogen-bond donors (Lipinski definition) is 1. The molecule has 0 fully saturated rings. The SMILES string of the molecule is CCOP(=O)(OCC)[C@H](NC(=O)c1ccc(Cl)cc1Cl)C(Cl)(Cl)Cl. The molecule has 1 N–H and O–H groups in total. The molecule has 0 aliphatic carbocycles. The minimum absolute atomic E-state index is 0.0338. The first-order valence-electron chi connectivity index (χ1n) is 6.76. The second kappa shape index (κ2) is 9.29. The molecule has 1 atom stereocenters. The summed E-state index contributed by atoms with van der Waals surface area (Å²) in [7, 11) is -3.95. The maximum atomic E-state index is 12.9. The Morgan fingerprint density at radius 3 is 2.17 bits per heavy atom. The summed E-state index contributed by atoms with van der Waals surface area (Å²) in [4.78, 5) is 12.4. The van der Waals surface area contributed by atoms with Gasteiger partial charge in [-0.3, -0.25) is 9.36 Å². The van der Waals surface area contributed by atoms with Crippen molar-refractivity contribution in [3.05, 3.63) is 33.8 Å². The van der Waals surface area contributed by atoms with E-state index < -0.39 is 23.1 Å². The molecule has 0 saturated heterocycles. The van der Waals surface area contributed by atoms with Gasteiger partial charge in [0.2, 0.25) is 3.79 Å². The van der Waals surface area contributed by atoms with E-state index in [2.05, 4.69) is 5.32 Å². The van der Waals surface area contributed by atoms with Gasteiger partial charge in [-0.05, 0) is 32.0 Å². The number of hydrogen-bond acceptors (Lipinski definition) is 4. The summed E-state index contributed by atoms with van der Waals surface area (Å²) in [6.45, 7) is 3.26. The number of carbonyl (C=O) groups is 1. The second-order valence-electron chi connectivity index (χ2n) is 4.42. The summed E-state index contributed by atoms with van der Waals surface area (Å²) in [5.41, 5.74) is 0.0693. The number of rotatable bonds is 7. The highest BCUT2D eigenvalue weighted by molar-refractivity contribution is 7.55. The van der Waals surface area contributed by atoms with E-state index in [0.717, 1.165) is 0 Å². The zero-order chi connectivity index (χ0) is 18.5. The topological polar surface area (TPSA) is 64.6 Å². The molecule has 0 spiro atoms. The second-order valence-corrected chi connectivity index (χ2v) is 9.74. The first kappa shape index (κ1) is 22.3. The monoisotopic (exact) mass is 455 g/mol. The lowest BCUT2D eigenvalue weighted by Crippen LogP contribution is -2.44. The van der Waals surface area contributed by atoms with Crippen LogP contribution in [0.4, 0.5) is 0 Å². The highest BCUT2D eigenvalue weighted by Gasteiger charge is 2.49. The standard InChI is InChI=1S/C13H15Cl5NO4P/c1-3-22-24(21,23-4-2)12(13(16,17)18)19-11(20)9-6-5-8(14)7-10(9)15/h5-7,12H,3-4H2,1-2H3,(H,19,20)/t12-/m0/s1. The predicted molar refractivity (Wildman–Crippen MR) is 98.9 cm³/mol. The van der Waals surface area contributed by atoms with Crippen LogP contribution >= 0.6 is 65.6 Å². The Morgan fingerprint density at radius 1 is 1.21 bits per heavy atom. The largest absolute Gasteiger partial charge is 0.357 e. The summed E-state index contributed by atoms with van der Waals surface area (Å²) in [6, 6.07) is 4.24. The predicted octanol–water partition coefficient (Wildman–Crippen LogP) is 5.69. The Labute approximate surface area is 165 Å². The molecule has 1 amide bonds. The van der Waals surface area contributed by atoms with Gasteiger partial charge in [-0.2, -0.15) is 0 Å². The molecule has 1 rings (SSSR count). The third-order valence-corrected chi connectivity index (χ3v) is 6.73. The number of alkyl halides is 3. The van der Waals surface area contributed by atoms with Gasteiger partial charge in [0.1, 0.15) is 0 Å². The highest BCUT2D eigenvalue weighted by Crippen LogP contribution is 2.58. The van der Waals surface area contributed by atoms with Crippen LogP contribution in [0.1, 0.15) is 24.2 Å². The van der Waals surface area contributed by atoms with Crippen molar-refractivity contribution in [2.45, 2.75) is 23.4 Å². The lowest BCUT2D eigenvalue weighted by Gasteiger charge is -2.31. The van der Waals surface area contributed by atoms with Crippen molar-refractivity contribution >= 4 is 71.5 Å². The zero-order valence-electron chi connectivity index (χ0n) is 12.7. The summed E-state index contributed by atoms with van der Waals surface area (Å²) in [6.07, 6.45) is 0. The molecular formula is C13H15Cl5NO4P. The molecule has 0 radical (unpaired) electrons. The van der Waals surface area contributed by atoms with Crippen molar-refractivity contribution in [1.82, 2.24) is 5.32 Å². The Hall–Kier alpha value is 0.290. The van der Waals surface area contributed by atoms with E-state index in [1.54, 1.807) is 13.8 Å². The molecule has 0 unspecified atom stereocenters. The maximum Gasteiger partial charge on any atom is 0.357 e. The third kappa shape index (κ3) is 5.93. The lowest BCUT2D eigenvalue weighted by atomic mass is 10.2. The minimum Gasteiger partial charge on any atom is -0.334 e. The number of carbonyl (C=O) groups excluding carboxylic acids is 1. The van der Waals surface area contributed by atoms with Gasteiger partial charge in [0.05, 0.1) is 23.8 Å². The smallest absolute Gasteiger partial charge is 0.334 e. The summed E-state index contributed by atoms with van der Waals surface area (Å²) < 4.78 is 21.1. The van der Waals surface area contributed by atoms with Gasteiger partial charge in [-0.25, -0.2) is 0 Å².